The number of carbonyl (C=O) groups is 1. The van der Waals surface area contributed by atoms with Gasteiger partial charge in [-0.15, -0.1) is 0 Å². The lowest BCUT2D eigenvalue weighted by Gasteiger charge is -1.97. The Morgan fingerprint density at radius 2 is 2.21 bits per heavy atom. The van der Waals surface area contributed by atoms with E-state index in [1.54, 1.807) is 18.2 Å². The van der Waals surface area contributed by atoms with Gasteiger partial charge in [-0.1, -0.05) is 12.1 Å². The lowest BCUT2D eigenvalue weighted by atomic mass is 10.2. The molecule has 1 aromatic rings. The first-order valence-corrected chi connectivity index (χ1v) is 3.95. The predicted molar refractivity (Wildman–Crippen MR) is 50.9 cm³/mol. The van der Waals surface area contributed by atoms with Crippen LogP contribution in [-0.4, -0.2) is 28.9 Å². The summed E-state index contributed by atoms with van der Waals surface area (Å²) < 4.78 is 0. The zero-order valence-electron chi connectivity index (χ0n) is 7.34. The van der Waals surface area contributed by atoms with E-state index in [0.29, 0.717) is 5.56 Å². The number of hydrogen-bond donors (Lipinski definition) is 3. The van der Waals surface area contributed by atoms with Crippen molar-refractivity contribution in [2.75, 3.05) is 6.61 Å². The van der Waals surface area contributed by atoms with Crippen LogP contribution in [0, 0.1) is 0 Å². The third kappa shape index (κ3) is 2.87. The Morgan fingerprint density at radius 3 is 2.86 bits per heavy atom. The molecule has 0 spiro atoms. The fourth-order valence-corrected chi connectivity index (χ4v) is 0.806. The molecule has 3 N–H and O–H groups in total. The van der Waals surface area contributed by atoms with Crippen molar-refractivity contribution in [3.05, 3.63) is 29.8 Å². The first-order valence-electron chi connectivity index (χ1n) is 3.95. The molecule has 0 unspecified atom stereocenters. The summed E-state index contributed by atoms with van der Waals surface area (Å²) in [7, 11) is 0. The molecular weight excluding hydrogens is 184 g/mol. The lowest BCUT2D eigenvalue weighted by molar-refractivity contribution is -0.123. The van der Waals surface area contributed by atoms with Crippen molar-refractivity contribution in [3.63, 3.8) is 0 Å². The molecule has 1 rings (SSSR count). The van der Waals surface area contributed by atoms with Gasteiger partial charge in [-0.3, -0.25) is 4.79 Å². The van der Waals surface area contributed by atoms with Crippen molar-refractivity contribution < 1.29 is 15.0 Å². The van der Waals surface area contributed by atoms with E-state index in [9.17, 15) is 9.90 Å². The molecule has 0 aliphatic heterocycles. The average Bonchev–Trinajstić information content (AvgIpc) is 2.20. The molecule has 0 bridgehead atoms. The van der Waals surface area contributed by atoms with Crippen LogP contribution < -0.4 is 5.43 Å². The molecule has 0 aromatic heterocycles. The molecule has 1 amide bonds. The minimum atomic E-state index is -0.613. The van der Waals surface area contributed by atoms with Crippen molar-refractivity contribution in [2.24, 2.45) is 5.10 Å². The molecule has 0 saturated heterocycles. The molecule has 74 valence electrons. The summed E-state index contributed by atoms with van der Waals surface area (Å²) in [6, 6.07) is 6.56. The molecule has 5 heteroatoms. The molecule has 0 aliphatic carbocycles. The van der Waals surface area contributed by atoms with Crippen LogP contribution in [0.5, 0.6) is 5.75 Å². The van der Waals surface area contributed by atoms with E-state index in [2.05, 4.69) is 10.5 Å². The predicted octanol–water partition coefficient (Wildman–Crippen LogP) is -0.165. The van der Waals surface area contributed by atoms with Crippen molar-refractivity contribution in [1.29, 1.82) is 0 Å². The van der Waals surface area contributed by atoms with Gasteiger partial charge in [0.15, 0.2) is 0 Å². The summed E-state index contributed by atoms with van der Waals surface area (Å²) in [6.45, 7) is -0.613. The molecule has 0 radical (unpaired) electrons. The van der Waals surface area contributed by atoms with E-state index in [1.807, 2.05) is 0 Å². The second kappa shape index (κ2) is 4.98. The van der Waals surface area contributed by atoms with E-state index >= 15 is 0 Å². The maximum absolute atomic E-state index is 10.5. The van der Waals surface area contributed by atoms with Gasteiger partial charge in [0.25, 0.3) is 5.91 Å². The first kappa shape index (κ1) is 10.2. The summed E-state index contributed by atoms with van der Waals surface area (Å²) in [5, 5.41) is 21.2. The average molecular weight is 194 g/mol. The fourth-order valence-electron chi connectivity index (χ4n) is 0.806. The number of amides is 1. The highest BCUT2D eigenvalue weighted by Gasteiger charge is 1.96. The lowest BCUT2D eigenvalue weighted by Crippen LogP contribution is -2.20. The number of hydrogen-bond acceptors (Lipinski definition) is 4. The van der Waals surface area contributed by atoms with E-state index in [-0.39, 0.29) is 5.75 Å². The van der Waals surface area contributed by atoms with Crippen LogP contribution in [0.15, 0.2) is 29.4 Å². The van der Waals surface area contributed by atoms with Gasteiger partial charge in [-0.2, -0.15) is 5.10 Å². The van der Waals surface area contributed by atoms with E-state index in [4.69, 9.17) is 5.11 Å². The highest BCUT2D eigenvalue weighted by atomic mass is 16.3. The normalized spacial score (nSPS) is 10.4. The van der Waals surface area contributed by atoms with Crippen molar-refractivity contribution in [3.8, 4) is 5.75 Å². The zero-order chi connectivity index (χ0) is 10.4. The number of nitrogens with one attached hydrogen (secondary N) is 1. The van der Waals surface area contributed by atoms with E-state index in [0.717, 1.165) is 0 Å². The summed E-state index contributed by atoms with van der Waals surface area (Å²) in [5.41, 5.74) is 2.57. The smallest absolute Gasteiger partial charge is 0.265 e. The van der Waals surface area contributed by atoms with Crippen LogP contribution in [0.3, 0.4) is 0 Å². The monoisotopic (exact) mass is 194 g/mol. The number of rotatable bonds is 3. The Bertz CT molecular complexity index is 350. The number of aliphatic hydroxyl groups excluding tert-OH is 1. The maximum atomic E-state index is 10.5. The Morgan fingerprint density at radius 1 is 1.50 bits per heavy atom. The van der Waals surface area contributed by atoms with Crippen LogP contribution in [-0.2, 0) is 4.79 Å². The molecule has 1 aromatic carbocycles. The minimum Gasteiger partial charge on any atom is -0.507 e. The molecule has 0 aliphatic rings. The zero-order valence-corrected chi connectivity index (χ0v) is 7.34. The standard InChI is InChI=1S/C9H10N2O3/c12-6-9(14)11-10-5-7-3-1-2-4-8(7)13/h1-5,12-13H,6H2,(H,11,14)/b10-5-. The van der Waals surface area contributed by atoms with Gasteiger partial charge >= 0.3 is 0 Å². The van der Waals surface area contributed by atoms with Gasteiger partial charge in [0.05, 0.1) is 6.21 Å². The summed E-state index contributed by atoms with van der Waals surface area (Å²) in [6.07, 6.45) is 1.29. The molecule has 5 nitrogen and oxygen atoms in total. The second-order valence-corrected chi connectivity index (χ2v) is 2.51. The SMILES string of the molecule is O=C(CO)N/N=C\c1ccccc1O. The quantitative estimate of drug-likeness (QED) is 0.461. The van der Waals surface area contributed by atoms with E-state index in [1.165, 1.54) is 12.3 Å². The minimum absolute atomic E-state index is 0.0782. The van der Waals surface area contributed by atoms with Crippen LogP contribution in [0.1, 0.15) is 5.56 Å². The number of phenols is 1. The Hall–Kier alpha value is -1.88. The number of nitrogens with zero attached hydrogens (tertiary/aromatic N) is 1. The van der Waals surface area contributed by atoms with Gasteiger partial charge in [0.1, 0.15) is 12.4 Å². The van der Waals surface area contributed by atoms with Crippen molar-refractivity contribution in [2.45, 2.75) is 0 Å². The molecule has 14 heavy (non-hydrogen) atoms. The molecule has 0 atom stereocenters. The number of aliphatic hydroxyl groups is 1. The van der Waals surface area contributed by atoms with Gasteiger partial charge in [-0.25, -0.2) is 5.43 Å². The number of hydrazone groups is 1. The molecule has 0 heterocycles. The first-order chi connectivity index (χ1) is 6.74. The van der Waals surface area contributed by atoms with E-state index < -0.39 is 12.5 Å². The fraction of sp³-hybridized carbons (Fsp3) is 0.111. The van der Waals surface area contributed by atoms with Crippen molar-refractivity contribution in [1.82, 2.24) is 5.43 Å². The number of aromatic hydroxyl groups is 1. The number of carbonyl (C=O) groups excluding carboxylic acids is 1. The summed E-state index contributed by atoms with van der Waals surface area (Å²) in [4.78, 5) is 10.5. The third-order valence-electron chi connectivity index (χ3n) is 1.47. The Kier molecular flexibility index (Phi) is 3.63. The highest BCUT2D eigenvalue weighted by Crippen LogP contribution is 2.12. The highest BCUT2D eigenvalue weighted by molar-refractivity contribution is 5.85. The topological polar surface area (TPSA) is 81.9 Å². The third-order valence-corrected chi connectivity index (χ3v) is 1.47. The second-order valence-electron chi connectivity index (χ2n) is 2.51. The molecule has 0 fully saturated rings. The Labute approximate surface area is 80.7 Å². The number of benzene rings is 1. The largest absolute Gasteiger partial charge is 0.507 e. The molecular formula is C9H10N2O3. The van der Waals surface area contributed by atoms with Gasteiger partial charge in [0.2, 0.25) is 0 Å². The maximum Gasteiger partial charge on any atom is 0.265 e. The number of para-hydroxylation sites is 1. The van der Waals surface area contributed by atoms with Gasteiger partial charge in [0, 0.05) is 5.56 Å². The number of phenolic OH excluding ortho intramolecular Hbond substituents is 1. The molecule has 0 saturated carbocycles. The summed E-state index contributed by atoms with van der Waals surface area (Å²) in [5.74, 6) is -0.522. The van der Waals surface area contributed by atoms with Crippen LogP contribution in [0.2, 0.25) is 0 Å². The van der Waals surface area contributed by atoms with Crippen LogP contribution >= 0.6 is 0 Å². The van der Waals surface area contributed by atoms with Gasteiger partial charge in [-0.05, 0) is 12.1 Å². The van der Waals surface area contributed by atoms with Crippen molar-refractivity contribution >= 4 is 12.1 Å². The van der Waals surface area contributed by atoms with Crippen LogP contribution in [0.4, 0.5) is 0 Å². The Balaban J connectivity index is 2.60. The van der Waals surface area contributed by atoms with Crippen LogP contribution in [0.25, 0.3) is 0 Å². The van der Waals surface area contributed by atoms with Gasteiger partial charge < -0.3 is 10.2 Å². The summed E-state index contributed by atoms with van der Waals surface area (Å²) >= 11 is 0.